The zero-order valence-corrected chi connectivity index (χ0v) is 13.2. The maximum Gasteiger partial charge on any atom is 0.392 e. The fraction of sp³-hybridized carbons (Fsp3) is 0.929. The number of hydrogen-bond acceptors (Lipinski definition) is 1. The lowest BCUT2D eigenvalue weighted by Crippen LogP contribution is -2.49. The van der Waals surface area contributed by atoms with Gasteiger partial charge in [-0.05, 0) is 25.2 Å². The molecule has 116 valence electrons. The van der Waals surface area contributed by atoms with Crippen LogP contribution in [0.2, 0.25) is 0 Å². The van der Waals surface area contributed by atoms with E-state index in [0.29, 0.717) is 36.7 Å². The second-order valence-electron chi connectivity index (χ2n) is 6.11. The first-order valence-corrected chi connectivity index (χ1v) is 8.22. The molecule has 0 radical (unpaired) electrons. The zero-order chi connectivity index (χ0) is 14.9. The maximum atomic E-state index is 13.1. The summed E-state index contributed by atoms with van der Waals surface area (Å²) in [7, 11) is 0. The fourth-order valence-corrected chi connectivity index (χ4v) is 3.74. The van der Waals surface area contributed by atoms with Crippen molar-refractivity contribution < 1.29 is 18.0 Å². The van der Waals surface area contributed by atoms with Gasteiger partial charge in [-0.1, -0.05) is 35.7 Å². The molecule has 1 amide bonds. The van der Waals surface area contributed by atoms with Gasteiger partial charge in [0.1, 0.15) is 0 Å². The molecule has 1 heterocycles. The minimum Gasteiger partial charge on any atom is -0.342 e. The number of carbonyl (C=O) groups excluding carboxylic acids is 1. The Labute approximate surface area is 126 Å². The largest absolute Gasteiger partial charge is 0.392 e. The molecule has 0 aromatic heterocycles. The van der Waals surface area contributed by atoms with Crippen molar-refractivity contribution >= 4 is 21.8 Å². The molecule has 1 aliphatic carbocycles. The van der Waals surface area contributed by atoms with Crippen molar-refractivity contribution in [1.29, 1.82) is 0 Å². The van der Waals surface area contributed by atoms with Crippen molar-refractivity contribution in [3.8, 4) is 0 Å². The Balaban J connectivity index is 2.06. The summed E-state index contributed by atoms with van der Waals surface area (Å²) in [6.45, 7) is 3.16. The predicted molar refractivity (Wildman–Crippen MR) is 74.6 cm³/mol. The van der Waals surface area contributed by atoms with Crippen molar-refractivity contribution in [3.63, 3.8) is 0 Å². The van der Waals surface area contributed by atoms with Gasteiger partial charge in [0.15, 0.2) is 0 Å². The first kappa shape index (κ1) is 16.1. The Kier molecular flexibility index (Phi) is 5.03. The average molecular weight is 356 g/mol. The van der Waals surface area contributed by atoms with Gasteiger partial charge in [0.2, 0.25) is 5.91 Å². The molecule has 1 saturated carbocycles. The first-order valence-electron chi connectivity index (χ1n) is 7.30. The highest BCUT2D eigenvalue weighted by Gasteiger charge is 2.49. The van der Waals surface area contributed by atoms with Crippen molar-refractivity contribution in [3.05, 3.63) is 0 Å². The van der Waals surface area contributed by atoms with Gasteiger partial charge in [-0.3, -0.25) is 4.79 Å². The third-order valence-corrected chi connectivity index (χ3v) is 5.98. The van der Waals surface area contributed by atoms with Crippen LogP contribution in [0.25, 0.3) is 0 Å². The molecule has 0 aromatic carbocycles. The first-order chi connectivity index (χ1) is 9.30. The van der Waals surface area contributed by atoms with E-state index in [2.05, 4.69) is 15.9 Å². The van der Waals surface area contributed by atoms with Crippen LogP contribution in [-0.4, -0.2) is 34.9 Å². The summed E-state index contributed by atoms with van der Waals surface area (Å²) in [5.74, 6) is -2.29. The minimum absolute atomic E-state index is 0.102. The lowest BCUT2D eigenvalue weighted by atomic mass is 9.77. The summed E-state index contributed by atoms with van der Waals surface area (Å²) in [5.41, 5.74) is 0. The topological polar surface area (TPSA) is 20.3 Å². The summed E-state index contributed by atoms with van der Waals surface area (Å²) >= 11 is 3.55. The normalized spacial score (nSPS) is 36.0. The van der Waals surface area contributed by atoms with Crippen LogP contribution >= 0.6 is 15.9 Å². The molecule has 2 rings (SSSR count). The summed E-state index contributed by atoms with van der Waals surface area (Å²) in [6, 6.07) is 0. The van der Waals surface area contributed by atoms with E-state index >= 15 is 0 Å². The van der Waals surface area contributed by atoms with Gasteiger partial charge in [-0.25, -0.2) is 0 Å². The van der Waals surface area contributed by atoms with Crippen LogP contribution in [0.4, 0.5) is 13.2 Å². The molecule has 2 nitrogen and oxygen atoms in total. The Morgan fingerprint density at radius 1 is 1.20 bits per heavy atom. The van der Waals surface area contributed by atoms with E-state index in [1.54, 1.807) is 4.90 Å². The van der Waals surface area contributed by atoms with Gasteiger partial charge in [-0.15, -0.1) is 0 Å². The van der Waals surface area contributed by atoms with Gasteiger partial charge in [0, 0.05) is 23.8 Å². The van der Waals surface area contributed by atoms with E-state index in [4.69, 9.17) is 0 Å². The lowest BCUT2D eigenvalue weighted by molar-refractivity contribution is -0.201. The Bertz CT molecular complexity index is 361. The molecule has 0 aromatic rings. The Morgan fingerprint density at radius 2 is 1.85 bits per heavy atom. The molecular weight excluding hydrogens is 335 g/mol. The number of carbonyl (C=O) groups is 1. The van der Waals surface area contributed by atoms with Crippen LogP contribution in [0, 0.1) is 17.8 Å². The lowest BCUT2D eigenvalue weighted by Gasteiger charge is -2.39. The van der Waals surface area contributed by atoms with Gasteiger partial charge in [0.05, 0.1) is 5.92 Å². The number of amides is 1. The molecule has 2 fully saturated rings. The number of halogens is 4. The predicted octanol–water partition coefficient (Wildman–Crippen LogP) is 3.99. The number of piperidine rings is 1. The summed E-state index contributed by atoms with van der Waals surface area (Å²) in [4.78, 5) is 14.5. The van der Waals surface area contributed by atoms with E-state index < -0.39 is 18.0 Å². The number of nitrogens with zero attached hydrogens (tertiary/aromatic N) is 1. The van der Waals surface area contributed by atoms with E-state index in [9.17, 15) is 18.0 Å². The molecule has 6 heteroatoms. The molecule has 0 bridgehead atoms. The molecule has 20 heavy (non-hydrogen) atoms. The maximum absolute atomic E-state index is 13.1. The Morgan fingerprint density at radius 3 is 2.45 bits per heavy atom. The number of rotatable bonds is 1. The smallest absolute Gasteiger partial charge is 0.342 e. The van der Waals surface area contributed by atoms with Crippen LogP contribution in [-0.2, 0) is 4.79 Å². The van der Waals surface area contributed by atoms with Gasteiger partial charge >= 0.3 is 6.18 Å². The molecule has 4 atom stereocenters. The van der Waals surface area contributed by atoms with Crippen molar-refractivity contribution in [2.24, 2.45) is 17.8 Å². The zero-order valence-electron chi connectivity index (χ0n) is 11.6. The number of alkyl halides is 4. The van der Waals surface area contributed by atoms with Crippen LogP contribution < -0.4 is 0 Å². The molecule has 2 aliphatic rings. The quantitative estimate of drug-likeness (QED) is 0.651. The average Bonchev–Trinajstić information content (AvgIpc) is 2.40. The van der Waals surface area contributed by atoms with Gasteiger partial charge < -0.3 is 4.90 Å². The molecule has 0 spiro atoms. The van der Waals surface area contributed by atoms with E-state index in [1.807, 2.05) is 6.92 Å². The SMILES string of the molecule is CC1CN(C(=O)C2CCCCC2C(F)(F)F)CCC1Br. The van der Waals surface area contributed by atoms with Crippen molar-refractivity contribution in [2.45, 2.75) is 50.0 Å². The molecule has 1 aliphatic heterocycles. The van der Waals surface area contributed by atoms with Crippen LogP contribution in [0.15, 0.2) is 0 Å². The van der Waals surface area contributed by atoms with Gasteiger partial charge in [0.25, 0.3) is 0 Å². The highest BCUT2D eigenvalue weighted by Crippen LogP contribution is 2.42. The van der Waals surface area contributed by atoms with Crippen molar-refractivity contribution in [1.82, 2.24) is 4.90 Å². The second kappa shape index (κ2) is 6.24. The Hall–Kier alpha value is -0.260. The second-order valence-corrected chi connectivity index (χ2v) is 7.28. The monoisotopic (exact) mass is 355 g/mol. The highest BCUT2D eigenvalue weighted by atomic mass is 79.9. The summed E-state index contributed by atoms with van der Waals surface area (Å²) < 4.78 is 39.2. The molecule has 1 saturated heterocycles. The third kappa shape index (κ3) is 3.49. The van der Waals surface area contributed by atoms with Gasteiger partial charge in [-0.2, -0.15) is 13.2 Å². The van der Waals surface area contributed by atoms with E-state index in [-0.39, 0.29) is 12.3 Å². The number of likely N-dealkylation sites (tertiary alicyclic amines) is 1. The number of hydrogen-bond donors (Lipinski definition) is 0. The van der Waals surface area contributed by atoms with Crippen LogP contribution in [0.5, 0.6) is 0 Å². The molecule has 4 unspecified atom stereocenters. The fourth-order valence-electron chi connectivity index (χ4n) is 3.37. The third-order valence-electron chi connectivity index (χ3n) is 4.62. The van der Waals surface area contributed by atoms with E-state index in [1.165, 1.54) is 0 Å². The summed E-state index contributed by atoms with van der Waals surface area (Å²) in [6.07, 6.45) is -1.65. The highest BCUT2D eigenvalue weighted by molar-refractivity contribution is 9.09. The summed E-state index contributed by atoms with van der Waals surface area (Å²) in [5, 5.41) is 0. The van der Waals surface area contributed by atoms with Crippen molar-refractivity contribution in [2.75, 3.05) is 13.1 Å². The van der Waals surface area contributed by atoms with E-state index in [0.717, 1.165) is 12.8 Å². The van der Waals surface area contributed by atoms with Crippen LogP contribution in [0.1, 0.15) is 39.0 Å². The standard InChI is InChI=1S/C14H21BrF3NO/c1-9-8-19(7-6-12(9)15)13(20)10-4-2-3-5-11(10)14(16,17)18/h9-12H,2-8H2,1H3. The minimum atomic E-state index is -4.25. The molecular formula is C14H21BrF3NO. The molecule has 0 N–H and O–H groups in total. The van der Waals surface area contributed by atoms with Crippen LogP contribution in [0.3, 0.4) is 0 Å².